The van der Waals surface area contributed by atoms with Gasteiger partial charge in [-0.05, 0) is 20.3 Å². The molecule has 0 bridgehead atoms. The standard InChI is InChI=1S/C12H25N3O2/c1-3-13-12(14-4-2)15-6-8-17-10-11-5-7-16-9-11/h11H,3-10H2,1-2H3,(H2,13,14,15). The van der Waals surface area contributed by atoms with Crippen LogP contribution in [-0.2, 0) is 9.47 Å². The topological polar surface area (TPSA) is 54.9 Å². The number of rotatable bonds is 7. The number of ether oxygens (including phenoxy) is 2. The molecule has 1 aliphatic heterocycles. The smallest absolute Gasteiger partial charge is 0.191 e. The fourth-order valence-corrected chi connectivity index (χ4v) is 1.70. The Morgan fingerprint density at radius 3 is 2.71 bits per heavy atom. The van der Waals surface area contributed by atoms with E-state index >= 15 is 0 Å². The highest BCUT2D eigenvalue weighted by molar-refractivity contribution is 5.79. The van der Waals surface area contributed by atoms with Crippen LogP contribution in [0.25, 0.3) is 0 Å². The molecule has 5 nitrogen and oxygen atoms in total. The van der Waals surface area contributed by atoms with Gasteiger partial charge in [-0.2, -0.15) is 0 Å². The van der Waals surface area contributed by atoms with Gasteiger partial charge in [-0.25, -0.2) is 0 Å². The van der Waals surface area contributed by atoms with Crippen molar-refractivity contribution < 1.29 is 9.47 Å². The van der Waals surface area contributed by atoms with Crippen molar-refractivity contribution in [2.45, 2.75) is 20.3 Å². The van der Waals surface area contributed by atoms with Crippen LogP contribution in [0.3, 0.4) is 0 Å². The van der Waals surface area contributed by atoms with Gasteiger partial charge in [0.1, 0.15) is 0 Å². The molecule has 1 heterocycles. The zero-order chi connectivity index (χ0) is 12.3. The van der Waals surface area contributed by atoms with Gasteiger partial charge in [-0.1, -0.05) is 0 Å². The number of hydrogen-bond acceptors (Lipinski definition) is 3. The number of guanidine groups is 1. The first-order valence-electron chi connectivity index (χ1n) is 6.54. The normalized spacial score (nSPS) is 19.1. The van der Waals surface area contributed by atoms with Crippen LogP contribution in [0.4, 0.5) is 0 Å². The van der Waals surface area contributed by atoms with Crippen LogP contribution in [-0.4, -0.2) is 52.0 Å². The van der Waals surface area contributed by atoms with Crippen LogP contribution in [0.1, 0.15) is 20.3 Å². The molecule has 1 rings (SSSR count). The molecule has 2 N–H and O–H groups in total. The van der Waals surface area contributed by atoms with E-state index in [1.807, 2.05) is 0 Å². The predicted octanol–water partition coefficient (Wildman–Crippen LogP) is 0.615. The van der Waals surface area contributed by atoms with Gasteiger partial charge in [0.2, 0.25) is 0 Å². The number of aliphatic imine (C=N–C) groups is 1. The molecule has 0 aromatic rings. The summed E-state index contributed by atoms with van der Waals surface area (Å²) < 4.78 is 10.9. The molecule has 1 fully saturated rings. The van der Waals surface area contributed by atoms with E-state index < -0.39 is 0 Å². The van der Waals surface area contributed by atoms with Crippen molar-refractivity contribution >= 4 is 5.96 Å². The first kappa shape index (κ1) is 14.3. The van der Waals surface area contributed by atoms with E-state index in [-0.39, 0.29) is 0 Å². The Kier molecular flexibility index (Phi) is 7.75. The van der Waals surface area contributed by atoms with E-state index in [9.17, 15) is 0 Å². The maximum atomic E-state index is 5.58. The van der Waals surface area contributed by atoms with Gasteiger partial charge in [-0.15, -0.1) is 0 Å². The largest absolute Gasteiger partial charge is 0.381 e. The molecule has 0 aliphatic carbocycles. The third-order valence-corrected chi connectivity index (χ3v) is 2.57. The van der Waals surface area contributed by atoms with Gasteiger partial charge in [0.25, 0.3) is 0 Å². The zero-order valence-electron chi connectivity index (χ0n) is 11.0. The predicted molar refractivity (Wildman–Crippen MR) is 69.4 cm³/mol. The summed E-state index contributed by atoms with van der Waals surface area (Å²) in [7, 11) is 0. The van der Waals surface area contributed by atoms with Crippen LogP contribution in [0, 0.1) is 5.92 Å². The summed E-state index contributed by atoms with van der Waals surface area (Å²) in [6.45, 7) is 9.79. The summed E-state index contributed by atoms with van der Waals surface area (Å²) in [6, 6.07) is 0. The molecule has 17 heavy (non-hydrogen) atoms. The average Bonchev–Trinajstić information content (AvgIpc) is 2.82. The highest BCUT2D eigenvalue weighted by Gasteiger charge is 2.14. The van der Waals surface area contributed by atoms with Gasteiger partial charge in [-0.3, -0.25) is 4.99 Å². The van der Waals surface area contributed by atoms with E-state index in [1.54, 1.807) is 0 Å². The van der Waals surface area contributed by atoms with Crippen molar-refractivity contribution in [2.75, 3.05) is 46.1 Å². The minimum absolute atomic E-state index is 0.584. The Hall–Kier alpha value is -0.810. The first-order valence-corrected chi connectivity index (χ1v) is 6.54. The molecular weight excluding hydrogens is 218 g/mol. The number of nitrogens with zero attached hydrogens (tertiary/aromatic N) is 1. The summed E-state index contributed by atoms with van der Waals surface area (Å²) >= 11 is 0. The third kappa shape index (κ3) is 6.48. The molecule has 1 unspecified atom stereocenters. The second-order valence-corrected chi connectivity index (χ2v) is 4.10. The van der Waals surface area contributed by atoms with E-state index in [0.717, 1.165) is 45.3 Å². The fourth-order valence-electron chi connectivity index (χ4n) is 1.70. The van der Waals surface area contributed by atoms with Gasteiger partial charge >= 0.3 is 0 Å². The maximum Gasteiger partial charge on any atom is 0.191 e. The Morgan fingerprint density at radius 2 is 2.12 bits per heavy atom. The van der Waals surface area contributed by atoms with Crippen LogP contribution < -0.4 is 10.6 Å². The van der Waals surface area contributed by atoms with Gasteiger partial charge < -0.3 is 20.1 Å². The van der Waals surface area contributed by atoms with Crippen molar-refractivity contribution in [3.8, 4) is 0 Å². The van der Waals surface area contributed by atoms with Crippen LogP contribution in [0.5, 0.6) is 0 Å². The van der Waals surface area contributed by atoms with E-state index in [0.29, 0.717) is 19.1 Å². The second-order valence-electron chi connectivity index (χ2n) is 4.10. The quantitative estimate of drug-likeness (QED) is 0.391. The monoisotopic (exact) mass is 243 g/mol. The van der Waals surface area contributed by atoms with Crippen molar-refractivity contribution in [2.24, 2.45) is 10.9 Å². The van der Waals surface area contributed by atoms with Crippen molar-refractivity contribution in [1.82, 2.24) is 10.6 Å². The lowest BCUT2D eigenvalue weighted by molar-refractivity contribution is 0.0950. The lowest BCUT2D eigenvalue weighted by Gasteiger charge is -2.10. The fraction of sp³-hybridized carbons (Fsp3) is 0.917. The van der Waals surface area contributed by atoms with Crippen LogP contribution in [0.15, 0.2) is 4.99 Å². The molecule has 0 saturated carbocycles. The molecule has 0 radical (unpaired) electrons. The lowest BCUT2D eigenvalue weighted by atomic mass is 10.1. The minimum Gasteiger partial charge on any atom is -0.381 e. The highest BCUT2D eigenvalue weighted by Crippen LogP contribution is 2.11. The molecular formula is C12H25N3O2. The summed E-state index contributed by atoms with van der Waals surface area (Å²) in [4.78, 5) is 4.41. The summed E-state index contributed by atoms with van der Waals surface area (Å²) in [5.41, 5.74) is 0. The van der Waals surface area contributed by atoms with Gasteiger partial charge in [0, 0.05) is 25.6 Å². The highest BCUT2D eigenvalue weighted by atomic mass is 16.5. The third-order valence-electron chi connectivity index (χ3n) is 2.57. The summed E-state index contributed by atoms with van der Waals surface area (Å²) in [5.74, 6) is 1.45. The molecule has 0 aromatic carbocycles. The van der Waals surface area contributed by atoms with Gasteiger partial charge in [0.05, 0.1) is 26.4 Å². The van der Waals surface area contributed by atoms with Crippen molar-refractivity contribution in [1.29, 1.82) is 0 Å². The molecule has 100 valence electrons. The molecule has 1 atom stereocenters. The second kappa shape index (κ2) is 9.24. The van der Waals surface area contributed by atoms with Crippen molar-refractivity contribution in [3.63, 3.8) is 0 Å². The van der Waals surface area contributed by atoms with E-state index in [4.69, 9.17) is 9.47 Å². The molecule has 0 spiro atoms. The molecule has 0 aromatic heterocycles. The molecule has 0 amide bonds. The summed E-state index contributed by atoms with van der Waals surface area (Å²) in [6.07, 6.45) is 1.13. The minimum atomic E-state index is 0.584. The molecule has 1 saturated heterocycles. The number of nitrogens with one attached hydrogen (secondary N) is 2. The SMILES string of the molecule is CCNC(=NCCOCC1CCOC1)NCC. The Labute approximate surface area is 104 Å². The average molecular weight is 243 g/mol. The maximum absolute atomic E-state index is 5.58. The number of hydrogen-bond donors (Lipinski definition) is 2. The lowest BCUT2D eigenvalue weighted by Crippen LogP contribution is -2.37. The molecule has 1 aliphatic rings. The zero-order valence-corrected chi connectivity index (χ0v) is 11.0. The Morgan fingerprint density at radius 1 is 1.35 bits per heavy atom. The first-order chi connectivity index (χ1) is 8.36. The van der Waals surface area contributed by atoms with Crippen LogP contribution in [0.2, 0.25) is 0 Å². The summed E-state index contributed by atoms with van der Waals surface area (Å²) in [5, 5.41) is 6.36. The van der Waals surface area contributed by atoms with Crippen molar-refractivity contribution in [3.05, 3.63) is 0 Å². The van der Waals surface area contributed by atoms with Gasteiger partial charge in [0.15, 0.2) is 5.96 Å². The Balaban J connectivity index is 2.05. The molecule has 5 heteroatoms. The van der Waals surface area contributed by atoms with E-state index in [2.05, 4.69) is 29.5 Å². The van der Waals surface area contributed by atoms with Crippen LogP contribution >= 0.6 is 0 Å². The Bertz CT molecular complexity index is 208. The van der Waals surface area contributed by atoms with E-state index in [1.165, 1.54) is 0 Å².